The number of ether oxygens (including phenoxy) is 2. The van der Waals surface area contributed by atoms with Gasteiger partial charge in [-0.3, -0.25) is 14.5 Å². The minimum Gasteiger partial charge on any atom is -0.484 e. The second-order valence-electron chi connectivity index (χ2n) is 6.75. The first kappa shape index (κ1) is 19.9. The second kappa shape index (κ2) is 9.92. The number of benzene rings is 1. The molecule has 0 aromatic heterocycles. The van der Waals surface area contributed by atoms with Gasteiger partial charge in [0.1, 0.15) is 5.75 Å². The Morgan fingerprint density at radius 2 is 1.78 bits per heavy atom. The molecule has 0 radical (unpaired) electrons. The Bertz CT molecular complexity index is 652. The lowest BCUT2D eigenvalue weighted by Crippen LogP contribution is -2.46. The zero-order valence-electron chi connectivity index (χ0n) is 15.4. The van der Waals surface area contributed by atoms with Crippen LogP contribution in [0.4, 0.5) is 0 Å². The van der Waals surface area contributed by atoms with Crippen LogP contribution in [0.25, 0.3) is 0 Å². The Morgan fingerprint density at radius 3 is 2.56 bits per heavy atom. The number of hydrogen-bond acceptors (Lipinski definition) is 5. The number of morpholine rings is 1. The van der Waals surface area contributed by atoms with Gasteiger partial charge in [0.15, 0.2) is 6.61 Å². The third kappa shape index (κ3) is 6.09. The number of nitrogens with zero attached hydrogens (tertiary/aromatic N) is 3. The predicted octanol–water partition coefficient (Wildman–Crippen LogP) is 1.11. The Kier molecular flexibility index (Phi) is 7.32. The lowest BCUT2D eigenvalue weighted by atomic mass is 10.3. The van der Waals surface area contributed by atoms with Crippen molar-refractivity contribution in [1.29, 1.82) is 0 Å². The van der Waals surface area contributed by atoms with E-state index in [4.69, 9.17) is 21.1 Å². The molecule has 0 saturated carbocycles. The van der Waals surface area contributed by atoms with Gasteiger partial charge in [0.2, 0.25) is 5.91 Å². The molecule has 0 unspecified atom stereocenters. The molecule has 2 aliphatic heterocycles. The molecule has 0 N–H and O–H groups in total. The molecule has 0 bridgehead atoms. The zero-order chi connectivity index (χ0) is 19.1. The standard InChI is InChI=1S/C19H26ClN3O4/c20-16-3-1-4-17(13-16)27-15-19(25)22-6-2-5-21(7-8-22)14-18(24)23-9-11-26-12-10-23/h1,3-4,13H,2,5-12,14-15H2. The van der Waals surface area contributed by atoms with Crippen molar-refractivity contribution in [2.75, 3.05) is 65.6 Å². The zero-order valence-corrected chi connectivity index (χ0v) is 16.2. The first-order valence-corrected chi connectivity index (χ1v) is 9.73. The van der Waals surface area contributed by atoms with E-state index in [0.717, 1.165) is 13.0 Å². The van der Waals surface area contributed by atoms with Gasteiger partial charge in [-0.1, -0.05) is 17.7 Å². The predicted molar refractivity (Wildman–Crippen MR) is 102 cm³/mol. The summed E-state index contributed by atoms with van der Waals surface area (Å²) in [5.41, 5.74) is 0. The average molecular weight is 396 g/mol. The highest BCUT2D eigenvalue weighted by Crippen LogP contribution is 2.17. The Morgan fingerprint density at radius 1 is 1.00 bits per heavy atom. The normalized spacial score (nSPS) is 18.9. The third-order valence-corrected chi connectivity index (χ3v) is 5.06. The number of halogens is 1. The van der Waals surface area contributed by atoms with E-state index in [1.54, 1.807) is 24.3 Å². The minimum atomic E-state index is -0.0451. The molecule has 2 amide bonds. The highest BCUT2D eigenvalue weighted by Gasteiger charge is 2.23. The summed E-state index contributed by atoms with van der Waals surface area (Å²) in [6.07, 6.45) is 0.847. The van der Waals surface area contributed by atoms with Crippen LogP contribution in [0.3, 0.4) is 0 Å². The van der Waals surface area contributed by atoms with E-state index in [0.29, 0.717) is 63.3 Å². The van der Waals surface area contributed by atoms with E-state index in [2.05, 4.69) is 4.90 Å². The monoisotopic (exact) mass is 395 g/mol. The second-order valence-corrected chi connectivity index (χ2v) is 7.19. The quantitative estimate of drug-likeness (QED) is 0.747. The molecule has 1 aromatic rings. The molecule has 2 fully saturated rings. The Hall–Kier alpha value is -1.83. The van der Waals surface area contributed by atoms with Gasteiger partial charge < -0.3 is 19.3 Å². The van der Waals surface area contributed by atoms with Crippen molar-refractivity contribution >= 4 is 23.4 Å². The molecule has 8 heteroatoms. The van der Waals surface area contributed by atoms with Crippen LogP contribution in [-0.2, 0) is 14.3 Å². The largest absolute Gasteiger partial charge is 0.484 e. The van der Waals surface area contributed by atoms with Crippen molar-refractivity contribution < 1.29 is 19.1 Å². The summed E-state index contributed by atoms with van der Waals surface area (Å²) in [6.45, 7) is 5.74. The lowest BCUT2D eigenvalue weighted by molar-refractivity contribution is -0.136. The maximum absolute atomic E-state index is 12.4. The summed E-state index contributed by atoms with van der Waals surface area (Å²) in [7, 11) is 0. The fourth-order valence-corrected chi connectivity index (χ4v) is 3.46. The highest BCUT2D eigenvalue weighted by molar-refractivity contribution is 6.30. The Balaban J connectivity index is 1.43. The van der Waals surface area contributed by atoms with Crippen molar-refractivity contribution in [3.8, 4) is 5.75 Å². The maximum atomic E-state index is 12.4. The van der Waals surface area contributed by atoms with Crippen LogP contribution in [0.2, 0.25) is 5.02 Å². The van der Waals surface area contributed by atoms with E-state index >= 15 is 0 Å². The van der Waals surface area contributed by atoms with E-state index in [9.17, 15) is 9.59 Å². The molecule has 0 aliphatic carbocycles. The van der Waals surface area contributed by atoms with Crippen molar-refractivity contribution in [2.24, 2.45) is 0 Å². The van der Waals surface area contributed by atoms with Crippen molar-refractivity contribution in [3.05, 3.63) is 29.3 Å². The molecule has 148 valence electrons. The van der Waals surface area contributed by atoms with Crippen molar-refractivity contribution in [1.82, 2.24) is 14.7 Å². The van der Waals surface area contributed by atoms with E-state index in [1.165, 1.54) is 0 Å². The van der Waals surface area contributed by atoms with Gasteiger partial charge >= 0.3 is 0 Å². The third-order valence-electron chi connectivity index (χ3n) is 4.82. The van der Waals surface area contributed by atoms with Crippen LogP contribution >= 0.6 is 11.6 Å². The molecule has 2 aliphatic rings. The van der Waals surface area contributed by atoms with Crippen LogP contribution in [0.1, 0.15) is 6.42 Å². The fourth-order valence-electron chi connectivity index (χ4n) is 3.28. The molecule has 2 saturated heterocycles. The number of carbonyl (C=O) groups excluding carboxylic acids is 2. The van der Waals surface area contributed by atoms with E-state index in [1.807, 2.05) is 9.80 Å². The fraction of sp³-hybridized carbons (Fsp3) is 0.579. The molecular formula is C19H26ClN3O4. The summed E-state index contributed by atoms with van der Waals surface area (Å²) in [5, 5.41) is 0.579. The molecule has 1 aromatic carbocycles. The minimum absolute atomic E-state index is 0.00689. The van der Waals surface area contributed by atoms with Gasteiger partial charge in [0, 0.05) is 44.3 Å². The number of amides is 2. The topological polar surface area (TPSA) is 62.3 Å². The Labute approximate surface area is 164 Å². The molecule has 0 spiro atoms. The van der Waals surface area contributed by atoms with Crippen molar-refractivity contribution in [2.45, 2.75) is 6.42 Å². The van der Waals surface area contributed by atoms with E-state index < -0.39 is 0 Å². The molecule has 0 atom stereocenters. The molecule has 27 heavy (non-hydrogen) atoms. The number of carbonyl (C=O) groups is 2. The van der Waals surface area contributed by atoms with Crippen LogP contribution in [0.15, 0.2) is 24.3 Å². The number of hydrogen-bond donors (Lipinski definition) is 0. The summed E-state index contributed by atoms with van der Waals surface area (Å²) in [4.78, 5) is 30.6. The average Bonchev–Trinajstić information content (AvgIpc) is 2.92. The molecule has 3 rings (SSSR count). The van der Waals surface area contributed by atoms with E-state index in [-0.39, 0.29) is 18.4 Å². The van der Waals surface area contributed by atoms with Crippen LogP contribution < -0.4 is 4.74 Å². The summed E-state index contributed by atoms with van der Waals surface area (Å²) in [5.74, 6) is 0.683. The first-order valence-electron chi connectivity index (χ1n) is 9.36. The van der Waals surface area contributed by atoms with Gasteiger partial charge in [0.25, 0.3) is 5.91 Å². The highest BCUT2D eigenvalue weighted by atomic mass is 35.5. The molecular weight excluding hydrogens is 370 g/mol. The smallest absolute Gasteiger partial charge is 0.260 e. The first-order chi connectivity index (χ1) is 13.1. The van der Waals surface area contributed by atoms with Crippen LogP contribution in [-0.4, -0.2) is 92.1 Å². The summed E-state index contributed by atoms with van der Waals surface area (Å²) >= 11 is 5.93. The summed E-state index contributed by atoms with van der Waals surface area (Å²) in [6, 6.07) is 7.02. The number of rotatable bonds is 5. The van der Waals surface area contributed by atoms with Crippen molar-refractivity contribution in [3.63, 3.8) is 0 Å². The van der Waals surface area contributed by atoms with Crippen LogP contribution in [0.5, 0.6) is 5.75 Å². The van der Waals surface area contributed by atoms with Crippen LogP contribution in [0, 0.1) is 0 Å². The summed E-state index contributed by atoms with van der Waals surface area (Å²) < 4.78 is 10.8. The van der Waals surface area contributed by atoms with Gasteiger partial charge in [-0.2, -0.15) is 0 Å². The lowest BCUT2D eigenvalue weighted by Gasteiger charge is -2.29. The maximum Gasteiger partial charge on any atom is 0.260 e. The molecule has 7 nitrogen and oxygen atoms in total. The van der Waals surface area contributed by atoms with Gasteiger partial charge in [-0.25, -0.2) is 0 Å². The van der Waals surface area contributed by atoms with Gasteiger partial charge in [0.05, 0.1) is 19.8 Å². The van der Waals surface area contributed by atoms with Gasteiger partial charge in [-0.15, -0.1) is 0 Å². The molecule has 2 heterocycles. The SMILES string of the molecule is O=C(COc1cccc(Cl)c1)N1CCCN(CC(=O)N2CCOCC2)CC1. The van der Waals surface area contributed by atoms with Gasteiger partial charge in [-0.05, 0) is 24.6 Å².